The van der Waals surface area contributed by atoms with Crippen LogP contribution in [-0.4, -0.2) is 24.8 Å². The van der Waals surface area contributed by atoms with Crippen LogP contribution in [0.2, 0.25) is 0 Å². The third-order valence-electron chi connectivity index (χ3n) is 10.5. The molecule has 1 aromatic carbocycles. The van der Waals surface area contributed by atoms with E-state index in [4.69, 9.17) is 9.47 Å². The molecule has 1 spiro atoms. The molecule has 0 amide bonds. The molecule has 1 atom stereocenters. The molecule has 194 valence electrons. The van der Waals surface area contributed by atoms with Crippen molar-refractivity contribution in [2.45, 2.75) is 70.4 Å². The van der Waals surface area contributed by atoms with E-state index in [-0.39, 0.29) is 16.8 Å². The molecule has 0 N–H and O–H groups in total. The molecule has 3 heterocycles. The third-order valence-corrected chi connectivity index (χ3v) is 10.5. The highest BCUT2D eigenvalue weighted by atomic mass is 16.5. The van der Waals surface area contributed by atoms with Crippen LogP contribution in [-0.2, 0) is 22.0 Å². The lowest BCUT2D eigenvalue weighted by atomic mass is 9.49. The first-order valence-corrected chi connectivity index (χ1v) is 14.1. The maximum absolute atomic E-state index is 13.6. The highest BCUT2D eigenvalue weighted by Gasteiger charge is 2.60. The van der Waals surface area contributed by atoms with Crippen LogP contribution in [0.5, 0.6) is 5.75 Å². The fourth-order valence-corrected chi connectivity index (χ4v) is 8.88. The van der Waals surface area contributed by atoms with E-state index in [0.717, 1.165) is 54.1 Å². The molecule has 0 saturated heterocycles. The van der Waals surface area contributed by atoms with Crippen LogP contribution in [0.15, 0.2) is 42.5 Å². The van der Waals surface area contributed by atoms with Crippen molar-refractivity contribution in [1.29, 1.82) is 0 Å². The van der Waals surface area contributed by atoms with Gasteiger partial charge in [0.15, 0.2) is 11.4 Å². The minimum atomic E-state index is -0.695. The molecule has 37 heavy (non-hydrogen) atoms. The Morgan fingerprint density at radius 1 is 1.05 bits per heavy atom. The van der Waals surface area contributed by atoms with Crippen LogP contribution in [0.3, 0.4) is 0 Å². The van der Waals surface area contributed by atoms with Gasteiger partial charge < -0.3 is 14.4 Å². The van der Waals surface area contributed by atoms with Gasteiger partial charge in [0.2, 0.25) is 11.4 Å². The topological polar surface area (TPSA) is 42.7 Å². The monoisotopic (exact) mass is 499 g/mol. The maximum Gasteiger partial charge on any atom is 0.312 e. The van der Waals surface area contributed by atoms with Gasteiger partial charge in [-0.15, -0.1) is 0 Å². The predicted octanol–water partition coefficient (Wildman–Crippen LogP) is 5.48. The van der Waals surface area contributed by atoms with E-state index >= 15 is 0 Å². The minimum absolute atomic E-state index is 0.0559. The Labute approximate surface area is 220 Å². The standard InChI is InChI=1S/C32H39N2O3/c1-21-9-10-28-27(33(21)4)11-12-32(37-28)30(2,3)25-7-5-6-8-26(25)34(32)13-14-36-29(35)31-18-22-15-23(19-31)17-24(16-22)20-31/h5-12,22-24H,13-20H2,1-4H3/q+1. The molecule has 1 unspecified atom stereocenters. The van der Waals surface area contributed by atoms with Crippen LogP contribution in [0.25, 0.3) is 6.08 Å². The Morgan fingerprint density at radius 3 is 2.43 bits per heavy atom. The number of carbonyl (C=O) groups is 1. The summed E-state index contributed by atoms with van der Waals surface area (Å²) in [5.41, 5.74) is 3.46. The number of aryl methyl sites for hydroxylation is 1. The predicted molar refractivity (Wildman–Crippen MR) is 143 cm³/mol. The summed E-state index contributed by atoms with van der Waals surface area (Å²) in [5.74, 6) is 3.14. The van der Waals surface area contributed by atoms with Gasteiger partial charge in [-0.1, -0.05) is 18.2 Å². The number of esters is 1. The lowest BCUT2D eigenvalue weighted by Gasteiger charge is -2.55. The lowest BCUT2D eigenvalue weighted by molar-refractivity contribution is -0.680. The number of nitrogens with zero attached hydrogens (tertiary/aromatic N) is 2. The number of benzene rings is 1. The van der Waals surface area contributed by atoms with Crippen LogP contribution in [0, 0.1) is 30.1 Å². The first kappa shape index (κ1) is 23.3. The fraction of sp³-hybridized carbons (Fsp3) is 0.562. The molecule has 2 aromatic rings. The number of anilines is 1. The number of ether oxygens (including phenoxy) is 2. The smallest absolute Gasteiger partial charge is 0.312 e. The van der Waals surface area contributed by atoms with Gasteiger partial charge in [-0.25, -0.2) is 0 Å². The molecular formula is C32H39N2O3+. The quantitative estimate of drug-likeness (QED) is 0.413. The normalized spacial score (nSPS) is 33.8. The highest BCUT2D eigenvalue weighted by Crippen LogP contribution is 2.60. The van der Waals surface area contributed by atoms with Gasteiger partial charge in [-0.3, -0.25) is 4.79 Å². The van der Waals surface area contributed by atoms with E-state index in [1.54, 1.807) is 0 Å². The molecule has 5 nitrogen and oxygen atoms in total. The maximum atomic E-state index is 13.6. The lowest BCUT2D eigenvalue weighted by Crippen LogP contribution is -2.61. The molecule has 1 aromatic heterocycles. The van der Waals surface area contributed by atoms with Crippen molar-refractivity contribution in [3.05, 3.63) is 59.4 Å². The van der Waals surface area contributed by atoms with Crippen molar-refractivity contribution in [3.63, 3.8) is 0 Å². The number of fused-ring (bicyclic) bond motifs is 2. The number of aromatic nitrogens is 1. The van der Waals surface area contributed by atoms with E-state index in [9.17, 15) is 4.79 Å². The molecule has 6 aliphatic rings. The average molecular weight is 500 g/mol. The second-order valence-electron chi connectivity index (χ2n) is 13.0. The van der Waals surface area contributed by atoms with Gasteiger partial charge in [0, 0.05) is 24.8 Å². The summed E-state index contributed by atoms with van der Waals surface area (Å²) < 4.78 is 15.3. The van der Waals surface area contributed by atoms with Gasteiger partial charge >= 0.3 is 5.97 Å². The van der Waals surface area contributed by atoms with Crippen molar-refractivity contribution in [2.24, 2.45) is 30.2 Å². The van der Waals surface area contributed by atoms with Crippen molar-refractivity contribution in [3.8, 4) is 5.75 Å². The number of hydrogen-bond acceptors (Lipinski definition) is 4. The molecule has 0 radical (unpaired) electrons. The van der Waals surface area contributed by atoms with Crippen LogP contribution in [0.1, 0.15) is 69.3 Å². The summed E-state index contributed by atoms with van der Waals surface area (Å²) >= 11 is 0. The molecular weight excluding hydrogens is 460 g/mol. The second kappa shape index (κ2) is 7.85. The molecule has 4 aliphatic carbocycles. The molecule has 4 fully saturated rings. The van der Waals surface area contributed by atoms with E-state index in [2.05, 4.69) is 85.8 Å². The van der Waals surface area contributed by atoms with Crippen LogP contribution < -0.4 is 14.2 Å². The van der Waals surface area contributed by atoms with E-state index in [1.165, 1.54) is 30.5 Å². The van der Waals surface area contributed by atoms with E-state index < -0.39 is 5.72 Å². The number of para-hydroxylation sites is 1. The van der Waals surface area contributed by atoms with Gasteiger partial charge in [-0.2, -0.15) is 4.57 Å². The number of rotatable bonds is 4. The largest absolute Gasteiger partial charge is 0.463 e. The SMILES string of the molecule is Cc1ccc2c([n+]1C)C=CC1(O2)N(CCOC(=O)C23CC4CC(CC(C4)C2)C3)c2ccccc2C1(C)C. The second-order valence-corrected chi connectivity index (χ2v) is 13.0. The summed E-state index contributed by atoms with van der Waals surface area (Å²) in [6.45, 7) is 7.60. The zero-order valence-corrected chi connectivity index (χ0v) is 22.6. The van der Waals surface area contributed by atoms with Crippen LogP contribution >= 0.6 is 0 Å². The summed E-state index contributed by atoms with van der Waals surface area (Å²) in [5, 5.41) is 0. The Morgan fingerprint density at radius 2 is 1.73 bits per heavy atom. The zero-order chi connectivity index (χ0) is 25.6. The van der Waals surface area contributed by atoms with Gasteiger partial charge in [0.1, 0.15) is 13.7 Å². The van der Waals surface area contributed by atoms with Gasteiger partial charge in [-0.05, 0) is 93.9 Å². The molecule has 8 rings (SSSR count). The molecule has 4 bridgehead atoms. The molecule has 2 aliphatic heterocycles. The van der Waals surface area contributed by atoms with Crippen molar-refractivity contribution in [2.75, 3.05) is 18.1 Å². The summed E-state index contributed by atoms with van der Waals surface area (Å²) in [4.78, 5) is 15.9. The summed E-state index contributed by atoms with van der Waals surface area (Å²) in [7, 11) is 2.08. The van der Waals surface area contributed by atoms with Crippen molar-refractivity contribution < 1.29 is 18.8 Å². The van der Waals surface area contributed by atoms with Gasteiger partial charge in [0.05, 0.1) is 17.4 Å². The summed E-state index contributed by atoms with van der Waals surface area (Å²) in [6.07, 6.45) is 11.5. The first-order chi connectivity index (χ1) is 17.7. The average Bonchev–Trinajstić information content (AvgIpc) is 3.04. The number of carbonyl (C=O) groups excluding carboxylic acids is 1. The van der Waals surface area contributed by atoms with Gasteiger partial charge in [0.25, 0.3) is 0 Å². The summed E-state index contributed by atoms with van der Waals surface area (Å²) in [6, 6.07) is 12.8. The Bertz CT molecular complexity index is 1280. The molecule has 4 saturated carbocycles. The first-order valence-electron chi connectivity index (χ1n) is 14.1. The Hall–Kier alpha value is -2.82. The highest BCUT2D eigenvalue weighted by molar-refractivity contribution is 5.78. The van der Waals surface area contributed by atoms with Crippen LogP contribution in [0.4, 0.5) is 5.69 Å². The third kappa shape index (κ3) is 3.21. The molecule has 5 heteroatoms. The fourth-order valence-electron chi connectivity index (χ4n) is 8.88. The number of hydrogen-bond donors (Lipinski definition) is 0. The van der Waals surface area contributed by atoms with Crippen molar-refractivity contribution >= 4 is 17.7 Å². The minimum Gasteiger partial charge on any atom is -0.463 e. The van der Waals surface area contributed by atoms with Crippen molar-refractivity contribution in [1.82, 2.24) is 0 Å². The zero-order valence-electron chi connectivity index (χ0n) is 22.6. The Kier molecular flexibility index (Phi) is 4.94. The number of pyridine rings is 1. The van der Waals surface area contributed by atoms with E-state index in [0.29, 0.717) is 13.2 Å². The van der Waals surface area contributed by atoms with E-state index in [1.807, 2.05) is 0 Å². The Balaban J connectivity index is 1.17.